The second-order valence-electron chi connectivity index (χ2n) is 4.82. The number of nitrogens with two attached hydrogens (primary N) is 1. The lowest BCUT2D eigenvalue weighted by atomic mass is 10.0. The number of halogens is 2. The first-order valence-corrected chi connectivity index (χ1v) is 6.54. The maximum atomic E-state index is 13.8. The molecule has 0 fully saturated rings. The summed E-state index contributed by atoms with van der Waals surface area (Å²) in [4.78, 5) is 11.9. The van der Waals surface area contributed by atoms with Crippen LogP contribution in [0.4, 0.5) is 14.5 Å². The Kier molecular flexibility index (Phi) is 4.65. The standard InChI is InChI=1S/C16H16F2N2O/c1-10-7-8-12(17)16(15(10)18)20-14(21)9-13(19)11-5-3-2-4-6-11/h2-8,13H,9,19H2,1H3,(H,20,21). The van der Waals surface area contributed by atoms with Crippen molar-refractivity contribution in [2.75, 3.05) is 5.32 Å². The first-order chi connectivity index (χ1) is 9.99. The van der Waals surface area contributed by atoms with E-state index in [4.69, 9.17) is 5.73 Å². The second kappa shape index (κ2) is 6.45. The highest BCUT2D eigenvalue weighted by Gasteiger charge is 2.17. The van der Waals surface area contributed by atoms with Crippen LogP contribution in [0.2, 0.25) is 0 Å². The monoisotopic (exact) mass is 290 g/mol. The number of rotatable bonds is 4. The summed E-state index contributed by atoms with van der Waals surface area (Å²) in [5.74, 6) is -2.11. The minimum Gasteiger partial charge on any atom is -0.324 e. The van der Waals surface area contributed by atoms with Gasteiger partial charge in [0.25, 0.3) is 0 Å². The molecule has 0 aliphatic heterocycles. The van der Waals surface area contributed by atoms with Crippen LogP contribution in [-0.2, 0) is 4.79 Å². The van der Waals surface area contributed by atoms with E-state index in [1.165, 1.54) is 13.0 Å². The van der Waals surface area contributed by atoms with Crippen molar-refractivity contribution in [2.24, 2.45) is 5.73 Å². The van der Waals surface area contributed by atoms with Gasteiger partial charge < -0.3 is 11.1 Å². The number of benzene rings is 2. The van der Waals surface area contributed by atoms with E-state index >= 15 is 0 Å². The lowest BCUT2D eigenvalue weighted by molar-refractivity contribution is -0.116. The van der Waals surface area contributed by atoms with Gasteiger partial charge in [0.2, 0.25) is 5.91 Å². The van der Waals surface area contributed by atoms with E-state index in [0.29, 0.717) is 0 Å². The fraction of sp³-hybridized carbons (Fsp3) is 0.188. The lowest BCUT2D eigenvalue weighted by Crippen LogP contribution is -2.21. The predicted octanol–water partition coefficient (Wildman–Crippen LogP) is 3.30. The number of carbonyl (C=O) groups excluding carboxylic acids is 1. The first-order valence-electron chi connectivity index (χ1n) is 6.54. The molecular formula is C16H16F2N2O. The van der Waals surface area contributed by atoms with Crippen LogP contribution in [0.1, 0.15) is 23.6 Å². The summed E-state index contributed by atoms with van der Waals surface area (Å²) in [6.07, 6.45) is -0.0587. The molecule has 1 amide bonds. The molecule has 0 aromatic heterocycles. The highest BCUT2D eigenvalue weighted by molar-refractivity contribution is 5.91. The van der Waals surface area contributed by atoms with Gasteiger partial charge in [0.15, 0.2) is 5.82 Å². The molecule has 0 heterocycles. The maximum absolute atomic E-state index is 13.8. The Balaban J connectivity index is 2.08. The molecule has 0 aliphatic rings. The van der Waals surface area contributed by atoms with Gasteiger partial charge in [-0.3, -0.25) is 4.79 Å². The highest BCUT2D eigenvalue weighted by Crippen LogP contribution is 2.22. The van der Waals surface area contributed by atoms with E-state index < -0.39 is 29.3 Å². The van der Waals surface area contributed by atoms with Crippen molar-refractivity contribution in [1.82, 2.24) is 0 Å². The molecule has 2 aromatic carbocycles. The quantitative estimate of drug-likeness (QED) is 0.907. The van der Waals surface area contributed by atoms with Crippen LogP contribution < -0.4 is 11.1 Å². The number of nitrogens with one attached hydrogen (secondary N) is 1. The van der Waals surface area contributed by atoms with Gasteiger partial charge in [0, 0.05) is 12.5 Å². The van der Waals surface area contributed by atoms with E-state index in [1.807, 2.05) is 18.2 Å². The van der Waals surface area contributed by atoms with Crippen molar-refractivity contribution in [3.05, 3.63) is 65.2 Å². The number of carbonyl (C=O) groups is 1. The topological polar surface area (TPSA) is 55.1 Å². The van der Waals surface area contributed by atoms with Gasteiger partial charge in [-0.2, -0.15) is 0 Å². The number of anilines is 1. The van der Waals surface area contributed by atoms with Crippen LogP contribution in [0.25, 0.3) is 0 Å². The Morgan fingerprint density at radius 3 is 2.52 bits per heavy atom. The summed E-state index contributed by atoms with van der Waals surface area (Å²) in [5, 5.41) is 2.25. The fourth-order valence-corrected chi connectivity index (χ4v) is 1.98. The predicted molar refractivity (Wildman–Crippen MR) is 77.7 cm³/mol. The zero-order chi connectivity index (χ0) is 15.4. The molecule has 0 spiro atoms. The molecule has 110 valence electrons. The van der Waals surface area contributed by atoms with Crippen molar-refractivity contribution in [1.29, 1.82) is 0 Å². The molecule has 2 aromatic rings. The first kappa shape index (κ1) is 15.1. The number of amides is 1. The maximum Gasteiger partial charge on any atom is 0.226 e. The minimum absolute atomic E-state index is 0.0587. The Morgan fingerprint density at radius 2 is 1.86 bits per heavy atom. The third-order valence-corrected chi connectivity index (χ3v) is 3.18. The summed E-state index contributed by atoms with van der Waals surface area (Å²) in [6.45, 7) is 1.50. The number of aryl methyl sites for hydroxylation is 1. The zero-order valence-electron chi connectivity index (χ0n) is 11.6. The highest BCUT2D eigenvalue weighted by atomic mass is 19.1. The minimum atomic E-state index is -0.806. The van der Waals surface area contributed by atoms with Crippen LogP contribution in [0.5, 0.6) is 0 Å². The number of hydrogen-bond donors (Lipinski definition) is 2. The van der Waals surface area contributed by atoms with E-state index in [9.17, 15) is 13.6 Å². The van der Waals surface area contributed by atoms with Crippen molar-refractivity contribution >= 4 is 11.6 Å². The van der Waals surface area contributed by atoms with E-state index in [0.717, 1.165) is 11.6 Å². The van der Waals surface area contributed by atoms with Gasteiger partial charge in [0.05, 0.1) is 0 Å². The van der Waals surface area contributed by atoms with E-state index in [1.54, 1.807) is 12.1 Å². The van der Waals surface area contributed by atoms with Gasteiger partial charge in [0.1, 0.15) is 11.5 Å². The molecule has 0 saturated carbocycles. The average molecular weight is 290 g/mol. The van der Waals surface area contributed by atoms with E-state index in [2.05, 4.69) is 5.32 Å². The van der Waals surface area contributed by atoms with Crippen molar-refractivity contribution < 1.29 is 13.6 Å². The third kappa shape index (κ3) is 3.64. The fourth-order valence-electron chi connectivity index (χ4n) is 1.98. The Morgan fingerprint density at radius 1 is 1.19 bits per heavy atom. The molecule has 3 nitrogen and oxygen atoms in total. The summed E-state index contributed by atoms with van der Waals surface area (Å²) in [7, 11) is 0. The molecule has 1 atom stereocenters. The van der Waals surface area contributed by atoms with Gasteiger partial charge >= 0.3 is 0 Å². The summed E-state index contributed by atoms with van der Waals surface area (Å²) in [5.41, 5.74) is 6.53. The molecule has 0 bridgehead atoms. The number of hydrogen-bond acceptors (Lipinski definition) is 2. The second-order valence-corrected chi connectivity index (χ2v) is 4.82. The van der Waals surface area contributed by atoms with Gasteiger partial charge in [-0.1, -0.05) is 36.4 Å². The molecule has 2 rings (SSSR count). The van der Waals surface area contributed by atoms with Crippen LogP contribution in [-0.4, -0.2) is 5.91 Å². The molecule has 0 radical (unpaired) electrons. The summed E-state index contributed by atoms with van der Waals surface area (Å²) >= 11 is 0. The molecule has 1 unspecified atom stereocenters. The van der Waals surface area contributed by atoms with E-state index in [-0.39, 0.29) is 12.0 Å². The Bertz CT molecular complexity index is 644. The molecule has 5 heteroatoms. The molecular weight excluding hydrogens is 274 g/mol. The Labute approximate surface area is 121 Å². The molecule has 21 heavy (non-hydrogen) atoms. The van der Waals surface area contributed by atoms with Gasteiger partial charge in [-0.25, -0.2) is 8.78 Å². The van der Waals surface area contributed by atoms with Crippen LogP contribution >= 0.6 is 0 Å². The molecule has 0 aliphatic carbocycles. The largest absolute Gasteiger partial charge is 0.324 e. The van der Waals surface area contributed by atoms with Crippen LogP contribution in [0.3, 0.4) is 0 Å². The third-order valence-electron chi connectivity index (χ3n) is 3.18. The lowest BCUT2D eigenvalue weighted by Gasteiger charge is -2.13. The zero-order valence-corrected chi connectivity index (χ0v) is 11.6. The van der Waals surface area contributed by atoms with Crippen LogP contribution in [0.15, 0.2) is 42.5 Å². The summed E-state index contributed by atoms with van der Waals surface area (Å²) in [6, 6.07) is 11.0. The Hall–Kier alpha value is -2.27. The van der Waals surface area contributed by atoms with Crippen LogP contribution in [0, 0.1) is 18.6 Å². The molecule has 3 N–H and O–H groups in total. The average Bonchev–Trinajstić information content (AvgIpc) is 2.48. The normalized spacial score (nSPS) is 12.0. The summed E-state index contributed by atoms with van der Waals surface area (Å²) < 4.78 is 27.4. The smallest absolute Gasteiger partial charge is 0.226 e. The van der Waals surface area contributed by atoms with Crippen molar-refractivity contribution in [3.63, 3.8) is 0 Å². The molecule has 0 saturated heterocycles. The van der Waals surface area contributed by atoms with Crippen molar-refractivity contribution in [2.45, 2.75) is 19.4 Å². The SMILES string of the molecule is Cc1ccc(F)c(NC(=O)CC(N)c2ccccc2)c1F. The van der Waals surface area contributed by atoms with Gasteiger partial charge in [-0.05, 0) is 24.1 Å². The van der Waals surface area contributed by atoms with Crippen molar-refractivity contribution in [3.8, 4) is 0 Å². The van der Waals surface area contributed by atoms with Gasteiger partial charge in [-0.15, -0.1) is 0 Å².